The van der Waals surface area contributed by atoms with Gasteiger partial charge in [0.05, 0.1) is 5.54 Å². The number of aliphatic imine (C=N–C) groups is 1. The smallest absolute Gasteiger partial charge is 0.211 e. The summed E-state index contributed by atoms with van der Waals surface area (Å²) in [6.07, 6.45) is 3.65. The second kappa shape index (κ2) is 3.63. The molecule has 2 rings (SSSR count). The lowest BCUT2D eigenvalue weighted by Gasteiger charge is -2.42. The van der Waals surface area contributed by atoms with Gasteiger partial charge in [-0.1, -0.05) is 36.8 Å². The first-order valence-electron chi connectivity index (χ1n) is 5.32. The average molecular weight is 201 g/mol. The molecule has 0 radical (unpaired) electrons. The molecule has 0 unspecified atom stereocenters. The number of benzene rings is 1. The van der Waals surface area contributed by atoms with Crippen LogP contribution in [0.3, 0.4) is 0 Å². The van der Waals surface area contributed by atoms with Crippen LogP contribution >= 0.6 is 0 Å². The number of hydrogen-bond donors (Lipinski definition) is 0. The predicted molar refractivity (Wildman–Crippen MR) is 59.4 cm³/mol. The maximum atomic E-state index is 10.5. The predicted octanol–water partition coefficient (Wildman–Crippen LogP) is 2.96. The zero-order valence-corrected chi connectivity index (χ0v) is 9.16. The van der Waals surface area contributed by atoms with Crippen LogP contribution < -0.4 is 0 Å². The normalized spacial score (nSPS) is 29.1. The van der Waals surface area contributed by atoms with Crippen LogP contribution in [0.25, 0.3) is 0 Å². The van der Waals surface area contributed by atoms with E-state index in [2.05, 4.69) is 43.1 Å². The van der Waals surface area contributed by atoms with Crippen LogP contribution in [0, 0.1) is 12.8 Å². The van der Waals surface area contributed by atoms with Crippen molar-refractivity contribution in [2.45, 2.75) is 32.2 Å². The number of aryl methyl sites for hydroxylation is 1. The third kappa shape index (κ3) is 1.73. The maximum absolute atomic E-state index is 10.5. The number of isocyanates is 1. The Balaban J connectivity index is 2.34. The van der Waals surface area contributed by atoms with Gasteiger partial charge >= 0.3 is 0 Å². The SMILES string of the molecule is Cc1ccc(C2(N=C=O)CC(C)C2)cc1. The molecule has 0 amide bonds. The van der Waals surface area contributed by atoms with E-state index >= 15 is 0 Å². The van der Waals surface area contributed by atoms with Gasteiger partial charge in [-0.05, 0) is 31.2 Å². The van der Waals surface area contributed by atoms with Crippen molar-refractivity contribution in [3.63, 3.8) is 0 Å². The van der Waals surface area contributed by atoms with Gasteiger partial charge in [0.1, 0.15) is 0 Å². The van der Waals surface area contributed by atoms with Crippen molar-refractivity contribution in [3.8, 4) is 0 Å². The highest BCUT2D eigenvalue weighted by Gasteiger charge is 2.43. The Morgan fingerprint density at radius 3 is 2.40 bits per heavy atom. The summed E-state index contributed by atoms with van der Waals surface area (Å²) in [4.78, 5) is 14.5. The van der Waals surface area contributed by atoms with Crippen molar-refractivity contribution >= 4 is 6.08 Å². The lowest BCUT2D eigenvalue weighted by Crippen LogP contribution is -2.38. The van der Waals surface area contributed by atoms with Gasteiger partial charge in [0.15, 0.2) is 0 Å². The lowest BCUT2D eigenvalue weighted by atomic mass is 9.66. The molecular formula is C13H15NO. The van der Waals surface area contributed by atoms with Crippen LogP contribution in [0.1, 0.15) is 30.9 Å². The van der Waals surface area contributed by atoms with Crippen molar-refractivity contribution in [3.05, 3.63) is 35.4 Å². The monoisotopic (exact) mass is 201 g/mol. The van der Waals surface area contributed by atoms with Crippen LogP contribution in [0.2, 0.25) is 0 Å². The van der Waals surface area contributed by atoms with Crippen LogP contribution in [-0.2, 0) is 10.3 Å². The second-order valence-corrected chi connectivity index (χ2v) is 4.61. The van der Waals surface area contributed by atoms with E-state index in [0.717, 1.165) is 18.4 Å². The van der Waals surface area contributed by atoms with E-state index in [1.807, 2.05) is 0 Å². The molecule has 1 saturated carbocycles. The molecule has 1 aliphatic carbocycles. The van der Waals surface area contributed by atoms with Crippen molar-refractivity contribution in [1.82, 2.24) is 0 Å². The molecule has 0 bridgehead atoms. The molecule has 1 aromatic rings. The molecule has 0 saturated heterocycles. The summed E-state index contributed by atoms with van der Waals surface area (Å²) in [5, 5.41) is 0. The molecule has 0 heterocycles. The third-order valence-corrected chi connectivity index (χ3v) is 3.22. The van der Waals surface area contributed by atoms with E-state index in [1.165, 1.54) is 5.56 Å². The van der Waals surface area contributed by atoms with Gasteiger partial charge in [0.25, 0.3) is 0 Å². The highest BCUT2D eigenvalue weighted by Crippen LogP contribution is 2.48. The average Bonchev–Trinajstić information content (AvgIpc) is 2.16. The molecule has 15 heavy (non-hydrogen) atoms. The third-order valence-electron chi connectivity index (χ3n) is 3.22. The zero-order valence-electron chi connectivity index (χ0n) is 9.16. The van der Waals surface area contributed by atoms with Crippen LogP contribution in [0.4, 0.5) is 0 Å². The molecule has 0 N–H and O–H groups in total. The lowest BCUT2D eigenvalue weighted by molar-refractivity contribution is 0.166. The fraction of sp³-hybridized carbons (Fsp3) is 0.462. The number of rotatable bonds is 2. The van der Waals surface area contributed by atoms with Crippen molar-refractivity contribution in [2.24, 2.45) is 10.9 Å². The van der Waals surface area contributed by atoms with Gasteiger partial charge in [-0.15, -0.1) is 0 Å². The summed E-state index contributed by atoms with van der Waals surface area (Å²) in [7, 11) is 0. The number of hydrogen-bond acceptors (Lipinski definition) is 2. The van der Waals surface area contributed by atoms with Gasteiger partial charge in [0.2, 0.25) is 6.08 Å². The van der Waals surface area contributed by atoms with Crippen molar-refractivity contribution < 1.29 is 4.79 Å². The van der Waals surface area contributed by atoms with E-state index in [1.54, 1.807) is 6.08 Å². The Bertz CT molecular complexity index is 395. The summed E-state index contributed by atoms with van der Waals surface area (Å²) in [5.74, 6) is 0.656. The first kappa shape index (κ1) is 10.1. The van der Waals surface area contributed by atoms with Crippen molar-refractivity contribution in [1.29, 1.82) is 0 Å². The largest absolute Gasteiger partial charge is 0.235 e. The minimum Gasteiger partial charge on any atom is -0.211 e. The number of carbonyl (C=O) groups excluding carboxylic acids is 1. The topological polar surface area (TPSA) is 29.4 Å². The minimum atomic E-state index is -0.269. The van der Waals surface area contributed by atoms with Crippen LogP contribution in [0.15, 0.2) is 29.3 Å². The fourth-order valence-corrected chi connectivity index (χ4v) is 2.44. The molecular weight excluding hydrogens is 186 g/mol. The summed E-state index contributed by atoms with van der Waals surface area (Å²) in [6, 6.07) is 8.28. The van der Waals surface area contributed by atoms with Gasteiger partial charge < -0.3 is 0 Å². The van der Waals surface area contributed by atoms with E-state index in [-0.39, 0.29) is 5.54 Å². The van der Waals surface area contributed by atoms with E-state index < -0.39 is 0 Å². The van der Waals surface area contributed by atoms with Crippen LogP contribution in [-0.4, -0.2) is 6.08 Å². The Labute approximate surface area is 90.0 Å². The Hall–Kier alpha value is -1.40. The molecule has 0 atom stereocenters. The minimum absolute atomic E-state index is 0.269. The van der Waals surface area contributed by atoms with E-state index in [4.69, 9.17) is 0 Å². The molecule has 2 heteroatoms. The zero-order chi connectivity index (χ0) is 10.9. The summed E-state index contributed by atoms with van der Waals surface area (Å²) >= 11 is 0. The maximum Gasteiger partial charge on any atom is 0.235 e. The molecule has 0 aromatic heterocycles. The second-order valence-electron chi connectivity index (χ2n) is 4.61. The summed E-state index contributed by atoms with van der Waals surface area (Å²) in [6.45, 7) is 4.25. The van der Waals surface area contributed by atoms with Gasteiger partial charge in [0, 0.05) is 0 Å². The first-order chi connectivity index (χ1) is 7.16. The molecule has 78 valence electrons. The molecule has 1 aromatic carbocycles. The van der Waals surface area contributed by atoms with E-state index in [9.17, 15) is 4.79 Å². The van der Waals surface area contributed by atoms with Crippen molar-refractivity contribution in [2.75, 3.05) is 0 Å². The standard InChI is InChI=1S/C13H15NO/c1-10-3-5-12(6-4-10)13(14-9-15)7-11(2)8-13/h3-6,11H,7-8H2,1-2H3. The van der Waals surface area contributed by atoms with Gasteiger partial charge in [-0.2, -0.15) is 4.99 Å². The molecule has 2 nitrogen and oxygen atoms in total. The summed E-state index contributed by atoms with van der Waals surface area (Å²) in [5.41, 5.74) is 2.11. The molecule has 1 fully saturated rings. The molecule has 0 aliphatic heterocycles. The highest BCUT2D eigenvalue weighted by atomic mass is 16.1. The molecule has 1 aliphatic rings. The van der Waals surface area contributed by atoms with Gasteiger partial charge in [-0.25, -0.2) is 4.79 Å². The Kier molecular flexibility index (Phi) is 2.45. The quantitative estimate of drug-likeness (QED) is 0.534. The summed E-state index contributed by atoms with van der Waals surface area (Å²) < 4.78 is 0. The number of nitrogens with zero attached hydrogens (tertiary/aromatic N) is 1. The van der Waals surface area contributed by atoms with E-state index in [0.29, 0.717) is 5.92 Å². The Morgan fingerprint density at radius 2 is 1.93 bits per heavy atom. The molecule has 0 spiro atoms. The first-order valence-corrected chi connectivity index (χ1v) is 5.32. The van der Waals surface area contributed by atoms with Gasteiger partial charge in [-0.3, -0.25) is 0 Å². The fourth-order valence-electron chi connectivity index (χ4n) is 2.44. The van der Waals surface area contributed by atoms with Crippen LogP contribution in [0.5, 0.6) is 0 Å². The Morgan fingerprint density at radius 1 is 1.33 bits per heavy atom. The highest BCUT2D eigenvalue weighted by molar-refractivity contribution is 5.40.